The Morgan fingerprint density at radius 3 is 2.86 bits per heavy atom. The second-order valence-corrected chi connectivity index (χ2v) is 9.17. The summed E-state index contributed by atoms with van der Waals surface area (Å²) in [5.74, 6) is 0.537. The highest BCUT2D eigenvalue weighted by atomic mass is 16.5. The molecule has 1 aliphatic rings. The topological polar surface area (TPSA) is 99.8 Å². The molecule has 190 valence electrons. The van der Waals surface area contributed by atoms with Gasteiger partial charge in [0.2, 0.25) is 0 Å². The van der Waals surface area contributed by atoms with Crippen molar-refractivity contribution in [1.29, 1.82) is 0 Å². The van der Waals surface area contributed by atoms with Gasteiger partial charge in [0, 0.05) is 67.7 Å². The number of rotatable bonds is 9. The van der Waals surface area contributed by atoms with Gasteiger partial charge in [-0.2, -0.15) is 5.10 Å². The number of nitrogens with one attached hydrogen (secondary N) is 1. The fraction of sp³-hybridized carbons (Fsp3) is 0.393. The predicted molar refractivity (Wildman–Crippen MR) is 143 cm³/mol. The molecule has 0 radical (unpaired) electrons. The van der Waals surface area contributed by atoms with E-state index in [2.05, 4.69) is 26.8 Å². The van der Waals surface area contributed by atoms with Crippen molar-refractivity contribution in [3.05, 3.63) is 66.2 Å². The van der Waals surface area contributed by atoms with Crippen LogP contribution in [-0.2, 0) is 10.3 Å². The minimum Gasteiger partial charge on any atom is -0.381 e. The fourth-order valence-corrected chi connectivity index (χ4v) is 4.51. The molecular formula is C28H35N5O3. The van der Waals surface area contributed by atoms with Crippen LogP contribution in [0.15, 0.2) is 64.5 Å². The van der Waals surface area contributed by atoms with E-state index in [-0.39, 0.29) is 5.92 Å². The van der Waals surface area contributed by atoms with Gasteiger partial charge in [-0.05, 0) is 50.8 Å². The molecule has 0 spiro atoms. The zero-order chi connectivity index (χ0) is 25.7. The zero-order valence-corrected chi connectivity index (χ0v) is 21.5. The molecular weight excluding hydrogens is 454 g/mol. The molecule has 1 aliphatic heterocycles. The van der Waals surface area contributed by atoms with Crippen LogP contribution in [0.1, 0.15) is 44.9 Å². The lowest BCUT2D eigenvalue weighted by Gasteiger charge is -2.37. The number of pyridine rings is 1. The van der Waals surface area contributed by atoms with Crippen LogP contribution in [-0.4, -0.2) is 58.3 Å². The van der Waals surface area contributed by atoms with Crippen LogP contribution < -0.4 is 0 Å². The van der Waals surface area contributed by atoms with E-state index in [4.69, 9.17) is 9.26 Å². The molecule has 0 bridgehead atoms. The van der Waals surface area contributed by atoms with Crippen LogP contribution in [0.3, 0.4) is 0 Å². The SMILES string of the molecule is C=C(C=NN(C)CC)c1cnc2[nH]cc(-c3cc(C(O)(C(C)=CC=CC)C4CCOCC4)no3)c2c1. The van der Waals surface area contributed by atoms with Gasteiger partial charge >= 0.3 is 0 Å². The molecule has 8 nitrogen and oxygen atoms in total. The number of aliphatic hydroxyl groups is 1. The lowest BCUT2D eigenvalue weighted by atomic mass is 9.75. The standard InChI is InChI=1S/C28H35N5O3/c1-6-8-9-20(4)28(34,22-10-12-35-13-11-22)26-15-25(36-32-26)24-18-30-27-23(24)14-21(17-29-27)19(3)16-31-33(5)7-2/h6,8-9,14-18,22,34H,3,7,10-13H2,1-2,4-5H3,(H,29,30). The number of nitrogens with zero attached hydrogens (tertiary/aromatic N) is 4. The summed E-state index contributed by atoms with van der Waals surface area (Å²) in [6.45, 7) is 12.1. The Hall–Kier alpha value is -3.49. The number of hydrazone groups is 1. The van der Waals surface area contributed by atoms with E-state index in [0.29, 0.717) is 24.7 Å². The van der Waals surface area contributed by atoms with E-state index in [1.807, 2.05) is 69.4 Å². The minimum absolute atomic E-state index is 0.0224. The molecule has 36 heavy (non-hydrogen) atoms. The summed E-state index contributed by atoms with van der Waals surface area (Å²) in [5, 5.41) is 23.5. The van der Waals surface area contributed by atoms with Gasteiger partial charge in [0.25, 0.3) is 0 Å². The van der Waals surface area contributed by atoms with Crippen molar-refractivity contribution in [3.8, 4) is 11.3 Å². The van der Waals surface area contributed by atoms with Crippen molar-refractivity contribution in [2.75, 3.05) is 26.8 Å². The molecule has 4 heterocycles. The van der Waals surface area contributed by atoms with Crippen LogP contribution in [0.25, 0.3) is 27.9 Å². The zero-order valence-electron chi connectivity index (χ0n) is 21.5. The monoisotopic (exact) mass is 489 g/mol. The number of fused-ring (bicyclic) bond motifs is 1. The molecule has 3 aromatic heterocycles. The second kappa shape index (κ2) is 11.1. The third-order valence-electron chi connectivity index (χ3n) is 6.89. The van der Waals surface area contributed by atoms with Gasteiger partial charge in [0.05, 0.1) is 6.21 Å². The van der Waals surface area contributed by atoms with Gasteiger partial charge in [-0.1, -0.05) is 30.0 Å². The van der Waals surface area contributed by atoms with Crippen molar-refractivity contribution in [1.82, 2.24) is 20.1 Å². The number of ether oxygens (including phenoxy) is 1. The Labute approximate surface area is 212 Å². The van der Waals surface area contributed by atoms with Crippen molar-refractivity contribution in [2.24, 2.45) is 11.0 Å². The number of allylic oxidation sites excluding steroid dienone is 4. The van der Waals surface area contributed by atoms with E-state index < -0.39 is 5.60 Å². The average molecular weight is 490 g/mol. The van der Waals surface area contributed by atoms with Gasteiger partial charge in [0.1, 0.15) is 16.9 Å². The molecule has 0 aliphatic carbocycles. The average Bonchev–Trinajstić information content (AvgIpc) is 3.57. The van der Waals surface area contributed by atoms with Crippen LogP contribution in [0.4, 0.5) is 0 Å². The highest BCUT2D eigenvalue weighted by Gasteiger charge is 2.43. The third kappa shape index (κ3) is 5.05. The highest BCUT2D eigenvalue weighted by Crippen LogP contribution is 2.43. The van der Waals surface area contributed by atoms with Gasteiger partial charge in [-0.25, -0.2) is 4.98 Å². The van der Waals surface area contributed by atoms with E-state index in [0.717, 1.165) is 52.7 Å². The molecule has 1 saturated heterocycles. The van der Waals surface area contributed by atoms with Crippen molar-refractivity contribution < 1.29 is 14.4 Å². The maximum atomic E-state index is 12.0. The maximum absolute atomic E-state index is 12.0. The van der Waals surface area contributed by atoms with Crippen LogP contribution in [0, 0.1) is 5.92 Å². The molecule has 0 saturated carbocycles. The summed E-state index contributed by atoms with van der Waals surface area (Å²) in [6, 6.07) is 3.85. The number of aromatic amines is 1. The molecule has 0 amide bonds. The first-order valence-electron chi connectivity index (χ1n) is 12.4. The molecule has 3 aromatic rings. The molecule has 8 heteroatoms. The van der Waals surface area contributed by atoms with Crippen LogP contribution >= 0.6 is 0 Å². The molecule has 0 aromatic carbocycles. The maximum Gasteiger partial charge on any atom is 0.169 e. The van der Waals surface area contributed by atoms with E-state index in [1.54, 1.807) is 12.4 Å². The van der Waals surface area contributed by atoms with Crippen LogP contribution in [0.2, 0.25) is 0 Å². The smallest absolute Gasteiger partial charge is 0.169 e. The molecule has 1 unspecified atom stereocenters. The fourth-order valence-electron chi connectivity index (χ4n) is 4.51. The summed E-state index contributed by atoms with van der Waals surface area (Å²) >= 11 is 0. The summed E-state index contributed by atoms with van der Waals surface area (Å²) in [6.07, 6.45) is 12.7. The van der Waals surface area contributed by atoms with Gasteiger partial charge in [0.15, 0.2) is 5.76 Å². The molecule has 1 atom stereocenters. The second-order valence-electron chi connectivity index (χ2n) is 9.17. The Morgan fingerprint density at radius 2 is 2.14 bits per heavy atom. The minimum atomic E-state index is -1.25. The number of hydrogen-bond donors (Lipinski definition) is 2. The Bertz CT molecular complexity index is 1300. The normalized spacial score (nSPS) is 17.3. The first kappa shape index (κ1) is 25.6. The summed E-state index contributed by atoms with van der Waals surface area (Å²) < 4.78 is 11.4. The summed E-state index contributed by atoms with van der Waals surface area (Å²) in [7, 11) is 1.91. The number of aromatic nitrogens is 3. The quantitative estimate of drug-likeness (QED) is 0.240. The lowest BCUT2D eigenvalue weighted by molar-refractivity contribution is -0.0495. The van der Waals surface area contributed by atoms with Crippen molar-refractivity contribution in [3.63, 3.8) is 0 Å². The molecule has 4 rings (SSSR count). The van der Waals surface area contributed by atoms with E-state index in [9.17, 15) is 5.11 Å². The first-order valence-corrected chi connectivity index (χ1v) is 12.4. The number of H-pyrrole nitrogens is 1. The Balaban J connectivity index is 1.71. The predicted octanol–water partition coefficient (Wildman–Crippen LogP) is 5.31. The van der Waals surface area contributed by atoms with E-state index >= 15 is 0 Å². The van der Waals surface area contributed by atoms with E-state index in [1.165, 1.54) is 0 Å². The van der Waals surface area contributed by atoms with Crippen molar-refractivity contribution in [2.45, 2.75) is 39.2 Å². The Kier molecular flexibility index (Phi) is 7.86. The van der Waals surface area contributed by atoms with Gasteiger partial charge in [-0.15, -0.1) is 0 Å². The number of hydrogen-bond acceptors (Lipinski definition) is 7. The Morgan fingerprint density at radius 1 is 1.36 bits per heavy atom. The third-order valence-corrected chi connectivity index (χ3v) is 6.89. The summed E-state index contributed by atoms with van der Waals surface area (Å²) in [4.78, 5) is 7.76. The van der Waals surface area contributed by atoms with Gasteiger partial charge in [-0.3, -0.25) is 0 Å². The highest BCUT2D eigenvalue weighted by molar-refractivity contribution is 6.10. The van der Waals surface area contributed by atoms with Gasteiger partial charge < -0.3 is 24.4 Å². The van der Waals surface area contributed by atoms with Crippen molar-refractivity contribution >= 4 is 22.8 Å². The molecule has 2 N–H and O–H groups in total. The first-order chi connectivity index (χ1) is 17.4. The largest absolute Gasteiger partial charge is 0.381 e. The summed E-state index contributed by atoms with van der Waals surface area (Å²) in [5.41, 5.74) is 3.23. The lowest BCUT2D eigenvalue weighted by Crippen LogP contribution is -2.40. The molecule has 1 fully saturated rings. The van der Waals surface area contributed by atoms with Crippen LogP contribution in [0.5, 0.6) is 0 Å².